The summed E-state index contributed by atoms with van der Waals surface area (Å²) in [7, 11) is 0. The highest BCUT2D eigenvalue weighted by Crippen LogP contribution is 2.37. The van der Waals surface area contributed by atoms with E-state index >= 15 is 0 Å². The number of hydrogen-bond donors (Lipinski definition) is 0. The second-order valence-electron chi connectivity index (χ2n) is 12.8. The van der Waals surface area contributed by atoms with Crippen LogP contribution in [0, 0.1) is 20.1 Å². The molecule has 5 nitrogen and oxygen atoms in total. The van der Waals surface area contributed by atoms with Gasteiger partial charge in [-0.05, 0) is 89.6 Å². The van der Waals surface area contributed by atoms with Crippen LogP contribution >= 0.6 is 0 Å². The van der Waals surface area contributed by atoms with Gasteiger partial charge >= 0.3 is 0 Å². The van der Waals surface area contributed by atoms with E-state index in [-0.39, 0.29) is 57.1 Å². The van der Waals surface area contributed by atoms with Crippen molar-refractivity contribution in [3.63, 3.8) is 0 Å². The van der Waals surface area contributed by atoms with Crippen LogP contribution in [-0.4, -0.2) is 14.1 Å². The van der Waals surface area contributed by atoms with Crippen LogP contribution in [0.25, 0.3) is 72.3 Å². The van der Waals surface area contributed by atoms with E-state index in [2.05, 4.69) is 11.3 Å². The third kappa shape index (κ3) is 5.65. The van der Waals surface area contributed by atoms with Crippen molar-refractivity contribution in [2.75, 3.05) is 0 Å². The Hall–Kier alpha value is -7.24. The molecule has 0 aliphatic carbocycles. The number of para-hydroxylation sites is 4. The minimum atomic E-state index is -2.67. The van der Waals surface area contributed by atoms with Gasteiger partial charge in [0.15, 0.2) is 0 Å². The SMILES string of the molecule is [2H]c1nc(-n2c3ccccc3c3ccc(Oc4cccc(-n5[c-][n+](-c6c(-c7c([2H])c([2H])c([2H])c([2H])c7[2H])cccc6-c6c([2H])c([2H])c([2H])c([2H])c6[2H])c6ccccc65)c4)cc32)c([2H])c(C([2H])([2H])[2H])c1C. The molecular weight excluding hydrogens is 673 g/mol. The molecule has 5 heteroatoms. The van der Waals surface area contributed by atoms with E-state index in [4.69, 9.17) is 25.3 Å². The van der Waals surface area contributed by atoms with Gasteiger partial charge in [0.25, 0.3) is 6.33 Å². The Morgan fingerprint density at radius 3 is 2.09 bits per heavy atom. The van der Waals surface area contributed by atoms with Gasteiger partial charge in [0.1, 0.15) is 17.3 Å². The Balaban J connectivity index is 1.15. The molecule has 3 heterocycles. The third-order valence-electron chi connectivity index (χ3n) is 9.47. The summed E-state index contributed by atoms with van der Waals surface area (Å²) in [6.45, 7) is -1.20. The van der Waals surface area contributed by atoms with Crippen LogP contribution in [-0.2, 0) is 0 Å². The van der Waals surface area contributed by atoms with E-state index in [1.54, 1.807) is 80.4 Å². The Labute approximate surface area is 340 Å². The molecule has 0 unspecified atom stereocenters. The highest BCUT2D eigenvalue weighted by atomic mass is 16.5. The zero-order valence-corrected chi connectivity index (χ0v) is 29.1. The zero-order chi connectivity index (χ0) is 49.8. The van der Waals surface area contributed by atoms with E-state index in [1.165, 1.54) is 13.0 Å². The van der Waals surface area contributed by atoms with Crippen LogP contribution in [0.5, 0.6) is 11.5 Å². The lowest BCUT2D eigenvalue weighted by Gasteiger charge is -2.17. The van der Waals surface area contributed by atoms with Crippen molar-refractivity contribution in [1.29, 1.82) is 0 Å². The summed E-state index contributed by atoms with van der Waals surface area (Å²) >= 11 is 0. The first kappa shape index (κ1) is 20.3. The minimum Gasteiger partial charge on any atom is -0.458 e. The second-order valence-corrected chi connectivity index (χ2v) is 12.8. The van der Waals surface area contributed by atoms with E-state index < -0.39 is 67.3 Å². The van der Waals surface area contributed by atoms with Crippen molar-refractivity contribution in [1.82, 2.24) is 14.1 Å². The van der Waals surface area contributed by atoms with Gasteiger partial charge < -0.3 is 4.74 Å². The maximum absolute atomic E-state index is 9.07. The fourth-order valence-corrected chi connectivity index (χ4v) is 6.97. The molecule has 3 aromatic heterocycles. The largest absolute Gasteiger partial charge is 0.458 e. The normalized spacial score (nSPS) is 15.5. The van der Waals surface area contributed by atoms with E-state index in [0.29, 0.717) is 39.3 Å². The lowest BCUT2D eigenvalue weighted by atomic mass is 9.95. The smallest absolute Gasteiger partial charge is 0.269 e. The summed E-state index contributed by atoms with van der Waals surface area (Å²) in [4.78, 5) is 4.44. The van der Waals surface area contributed by atoms with Gasteiger partial charge in [-0.1, -0.05) is 127 Å². The predicted octanol–water partition coefficient (Wildman–Crippen LogP) is 11.9. The number of ether oxygens (including phenoxy) is 1. The van der Waals surface area contributed by atoms with Gasteiger partial charge in [0.2, 0.25) is 0 Å². The number of nitrogens with zero attached hydrogens (tertiary/aromatic N) is 4. The van der Waals surface area contributed by atoms with Gasteiger partial charge in [-0.2, -0.15) is 0 Å². The highest BCUT2D eigenvalue weighted by molar-refractivity contribution is 6.09. The van der Waals surface area contributed by atoms with Gasteiger partial charge in [0.05, 0.1) is 49.9 Å². The number of benzene rings is 7. The van der Waals surface area contributed by atoms with Crippen molar-refractivity contribution in [3.8, 4) is 50.9 Å². The lowest BCUT2D eigenvalue weighted by molar-refractivity contribution is -0.571. The highest BCUT2D eigenvalue weighted by Gasteiger charge is 2.20. The fraction of sp³-hybridized carbons (Fsp3) is 0.0400. The number of pyridine rings is 1. The molecule has 0 radical (unpaired) electrons. The Morgan fingerprint density at radius 1 is 0.655 bits per heavy atom. The summed E-state index contributed by atoms with van der Waals surface area (Å²) < 4.78 is 140. The average Bonchev–Trinajstić information content (AvgIpc) is 3.88. The number of imidazole rings is 1. The molecule has 0 spiro atoms. The average molecular weight is 724 g/mol. The van der Waals surface area contributed by atoms with Crippen LogP contribution < -0.4 is 9.30 Å². The first-order valence-corrected chi connectivity index (χ1v) is 17.3. The second kappa shape index (κ2) is 13.3. The molecule has 0 atom stereocenters. The Morgan fingerprint density at radius 2 is 1.33 bits per heavy atom. The monoisotopic (exact) mass is 723 g/mol. The number of fused-ring (bicyclic) bond motifs is 4. The first-order chi connectivity index (χ1) is 33.3. The van der Waals surface area contributed by atoms with Gasteiger partial charge in [0, 0.05) is 27.1 Å². The number of rotatable bonds is 7. The molecule has 262 valence electrons. The molecule has 0 aliphatic rings. The number of aromatic nitrogens is 4. The molecule has 10 rings (SSSR count). The molecule has 0 fully saturated rings. The molecule has 0 aliphatic heterocycles. The van der Waals surface area contributed by atoms with Crippen molar-refractivity contribution in [2.45, 2.75) is 13.8 Å². The van der Waals surface area contributed by atoms with Crippen LogP contribution in [0.2, 0.25) is 0 Å². The molecule has 0 amide bonds. The summed E-state index contributed by atoms with van der Waals surface area (Å²) in [6.07, 6.45) is 3.12. The van der Waals surface area contributed by atoms with E-state index in [9.17, 15) is 0 Å². The summed E-state index contributed by atoms with van der Waals surface area (Å²) in [5, 5.41) is 1.58. The topological polar surface area (TPSA) is 35.9 Å². The molecule has 0 saturated carbocycles. The van der Waals surface area contributed by atoms with Crippen LogP contribution in [0.3, 0.4) is 0 Å². The molecule has 55 heavy (non-hydrogen) atoms. The maximum atomic E-state index is 9.07. The van der Waals surface area contributed by atoms with Crippen molar-refractivity contribution >= 4 is 32.8 Å². The van der Waals surface area contributed by atoms with Crippen molar-refractivity contribution in [2.24, 2.45) is 0 Å². The van der Waals surface area contributed by atoms with Crippen molar-refractivity contribution in [3.05, 3.63) is 199 Å². The first-order valence-electron chi connectivity index (χ1n) is 24.8. The summed E-state index contributed by atoms with van der Waals surface area (Å²) in [6, 6.07) is 25.8. The molecule has 7 aromatic carbocycles. The van der Waals surface area contributed by atoms with Crippen LogP contribution in [0.1, 0.15) is 31.7 Å². The summed E-state index contributed by atoms with van der Waals surface area (Å²) in [5.41, 5.74) is 2.67. The van der Waals surface area contributed by atoms with Gasteiger partial charge in [-0.3, -0.25) is 13.7 Å². The molecule has 0 bridgehead atoms. The standard InChI is InChI=1S/C50H36N4O/c1-34-29-49(51-32-35(34)2)54-45-24-10-9-21-43(45)44-28-27-40(31-48(44)54)55-39-20-13-19-38(30-39)52-33-53(47-26-12-11-25-46(47)52)50-41(36-15-5-3-6-16-36)22-14-23-42(50)37-17-7-4-8-18-37/h3-32H,1-2H3/i1D3,3D,4D,5D,6D,7D,8D,15D,16D,17D,18D,29D,32D. The quantitative estimate of drug-likeness (QED) is 0.121. The number of hydrogen-bond acceptors (Lipinski definition) is 2. The molecule has 0 saturated heterocycles. The molecular formula is C50H36N4O. The zero-order valence-electron chi connectivity index (χ0n) is 44.1. The Kier molecular flexibility index (Phi) is 4.91. The van der Waals surface area contributed by atoms with E-state index in [1.807, 2.05) is 36.4 Å². The van der Waals surface area contributed by atoms with Gasteiger partial charge in [-0.15, -0.1) is 0 Å². The predicted molar refractivity (Wildman–Crippen MR) is 223 cm³/mol. The van der Waals surface area contributed by atoms with Crippen LogP contribution in [0.15, 0.2) is 182 Å². The maximum Gasteiger partial charge on any atom is 0.269 e. The lowest BCUT2D eigenvalue weighted by Crippen LogP contribution is -2.31. The molecule has 10 aromatic rings. The third-order valence-corrected chi connectivity index (χ3v) is 9.47. The van der Waals surface area contributed by atoms with Crippen molar-refractivity contribution < 1.29 is 29.9 Å². The van der Waals surface area contributed by atoms with Gasteiger partial charge in [-0.25, -0.2) is 4.98 Å². The Bertz CT molecular complexity index is 3720. The summed E-state index contributed by atoms with van der Waals surface area (Å²) in [5.74, 6) is 0.740. The molecule has 0 N–H and O–H groups in total. The fourth-order valence-electron chi connectivity index (χ4n) is 6.97. The minimum absolute atomic E-state index is 0.0155. The van der Waals surface area contributed by atoms with E-state index in [0.717, 1.165) is 10.8 Å². The van der Waals surface area contributed by atoms with Crippen LogP contribution in [0.4, 0.5) is 0 Å².